The van der Waals surface area contributed by atoms with E-state index in [4.69, 9.17) is 16.3 Å². The monoisotopic (exact) mass is 376 g/mol. The maximum Gasteiger partial charge on any atom is 0.361 e. The molecule has 2 aromatic rings. The lowest BCUT2D eigenvalue weighted by Gasteiger charge is -2.19. The molecule has 0 spiro atoms. The molecular formula is C18H21ClN4O3. The van der Waals surface area contributed by atoms with E-state index in [2.05, 4.69) is 10.2 Å². The first-order valence-corrected chi connectivity index (χ1v) is 9.07. The van der Waals surface area contributed by atoms with E-state index in [0.717, 1.165) is 38.8 Å². The molecule has 1 aromatic heterocycles. The zero-order valence-corrected chi connectivity index (χ0v) is 15.4. The van der Waals surface area contributed by atoms with Crippen LogP contribution in [0.3, 0.4) is 0 Å². The zero-order valence-electron chi connectivity index (χ0n) is 14.7. The van der Waals surface area contributed by atoms with Crippen molar-refractivity contribution in [1.29, 1.82) is 0 Å². The van der Waals surface area contributed by atoms with Crippen molar-refractivity contribution >= 4 is 23.5 Å². The molecule has 0 bridgehead atoms. The number of carbonyl (C=O) groups excluding carboxylic acids is 2. The summed E-state index contributed by atoms with van der Waals surface area (Å²) in [5, 5.41) is 8.94. The van der Waals surface area contributed by atoms with Crippen molar-refractivity contribution in [3.05, 3.63) is 40.7 Å². The molecule has 1 aliphatic rings. The van der Waals surface area contributed by atoms with Crippen molar-refractivity contribution in [2.24, 2.45) is 0 Å². The Bertz CT molecular complexity index is 797. The van der Waals surface area contributed by atoms with E-state index in [1.54, 1.807) is 36.1 Å². The molecule has 0 atom stereocenters. The summed E-state index contributed by atoms with van der Waals surface area (Å²) in [5.41, 5.74) is 1.16. The number of nitrogens with zero attached hydrogens (tertiary/aromatic N) is 4. The number of esters is 1. The normalized spacial score (nSPS) is 14.8. The van der Waals surface area contributed by atoms with Crippen molar-refractivity contribution in [1.82, 2.24) is 19.9 Å². The number of aromatic nitrogens is 3. The number of likely N-dealkylation sites (tertiary alicyclic amines) is 1. The molecule has 138 valence electrons. The van der Waals surface area contributed by atoms with E-state index in [1.165, 1.54) is 4.80 Å². The Kier molecular flexibility index (Phi) is 5.88. The van der Waals surface area contributed by atoms with Crippen molar-refractivity contribution in [2.45, 2.75) is 32.6 Å². The Labute approximate surface area is 156 Å². The van der Waals surface area contributed by atoms with Crippen LogP contribution in [0.25, 0.3) is 5.69 Å². The second kappa shape index (κ2) is 8.31. The number of rotatable bonds is 4. The summed E-state index contributed by atoms with van der Waals surface area (Å²) in [4.78, 5) is 27.6. The van der Waals surface area contributed by atoms with Gasteiger partial charge in [0.1, 0.15) is 0 Å². The van der Waals surface area contributed by atoms with Crippen LogP contribution in [-0.2, 0) is 9.53 Å². The Morgan fingerprint density at radius 3 is 2.58 bits per heavy atom. The molecule has 0 N–H and O–H groups in total. The number of benzene rings is 1. The standard InChI is InChI=1S/C18H21ClN4O3/c1-13-17(21-23(20-13)15-8-6-7-14(19)11-15)18(25)26-12-16(24)22-9-4-2-3-5-10-22/h6-8,11H,2-5,9-10,12H2,1H3. The minimum absolute atomic E-state index is 0.0913. The van der Waals surface area contributed by atoms with E-state index in [9.17, 15) is 9.59 Å². The predicted molar refractivity (Wildman–Crippen MR) is 96.4 cm³/mol. The van der Waals surface area contributed by atoms with Crippen LogP contribution in [0.2, 0.25) is 5.02 Å². The SMILES string of the molecule is Cc1nn(-c2cccc(Cl)c2)nc1C(=O)OCC(=O)N1CCCCCC1. The maximum atomic E-state index is 12.3. The second-order valence-corrected chi connectivity index (χ2v) is 6.71. The van der Waals surface area contributed by atoms with E-state index in [0.29, 0.717) is 16.4 Å². The van der Waals surface area contributed by atoms with Crippen molar-refractivity contribution in [3.63, 3.8) is 0 Å². The fourth-order valence-corrected chi connectivity index (χ4v) is 3.07. The molecule has 0 aliphatic carbocycles. The molecule has 1 fully saturated rings. The van der Waals surface area contributed by atoms with Crippen LogP contribution in [0.4, 0.5) is 0 Å². The number of hydrogen-bond donors (Lipinski definition) is 0. The Hall–Kier alpha value is -2.41. The number of halogens is 1. The molecule has 1 saturated heterocycles. The lowest BCUT2D eigenvalue weighted by atomic mass is 10.2. The summed E-state index contributed by atoms with van der Waals surface area (Å²) >= 11 is 5.97. The van der Waals surface area contributed by atoms with Gasteiger partial charge < -0.3 is 9.64 Å². The number of hydrogen-bond acceptors (Lipinski definition) is 5. The highest BCUT2D eigenvalue weighted by atomic mass is 35.5. The van der Waals surface area contributed by atoms with Gasteiger partial charge in [-0.05, 0) is 38.0 Å². The van der Waals surface area contributed by atoms with Crippen LogP contribution in [0, 0.1) is 6.92 Å². The summed E-state index contributed by atoms with van der Waals surface area (Å²) < 4.78 is 5.17. The molecule has 0 radical (unpaired) electrons. The van der Waals surface area contributed by atoms with Gasteiger partial charge in [0.15, 0.2) is 12.3 Å². The molecule has 1 aliphatic heterocycles. The Morgan fingerprint density at radius 1 is 1.15 bits per heavy atom. The number of carbonyl (C=O) groups is 2. The highest BCUT2D eigenvalue weighted by Gasteiger charge is 2.21. The van der Waals surface area contributed by atoms with Crippen LogP contribution in [-0.4, -0.2) is 51.5 Å². The number of aryl methyl sites for hydroxylation is 1. The van der Waals surface area contributed by atoms with Gasteiger partial charge in [-0.2, -0.15) is 9.90 Å². The summed E-state index contributed by atoms with van der Waals surface area (Å²) in [6, 6.07) is 6.99. The fourth-order valence-electron chi connectivity index (χ4n) is 2.89. The molecule has 0 saturated carbocycles. The summed E-state index contributed by atoms with van der Waals surface area (Å²) in [5.74, 6) is -0.820. The zero-order chi connectivity index (χ0) is 18.5. The third-order valence-corrected chi connectivity index (χ3v) is 4.54. The highest BCUT2D eigenvalue weighted by molar-refractivity contribution is 6.30. The quantitative estimate of drug-likeness (QED) is 0.767. The first-order chi connectivity index (χ1) is 12.5. The molecule has 2 heterocycles. The molecule has 7 nitrogen and oxygen atoms in total. The third-order valence-electron chi connectivity index (χ3n) is 4.30. The van der Waals surface area contributed by atoms with Gasteiger partial charge in [-0.25, -0.2) is 4.79 Å². The van der Waals surface area contributed by atoms with E-state index in [-0.39, 0.29) is 18.2 Å². The number of ether oxygens (including phenoxy) is 1. The van der Waals surface area contributed by atoms with Crippen LogP contribution < -0.4 is 0 Å². The van der Waals surface area contributed by atoms with Crippen LogP contribution in [0.5, 0.6) is 0 Å². The summed E-state index contributed by atoms with van der Waals surface area (Å²) in [6.07, 6.45) is 4.25. The van der Waals surface area contributed by atoms with Gasteiger partial charge in [0.2, 0.25) is 0 Å². The van der Waals surface area contributed by atoms with Gasteiger partial charge in [0, 0.05) is 18.1 Å². The molecule has 1 aromatic carbocycles. The van der Waals surface area contributed by atoms with Crippen molar-refractivity contribution < 1.29 is 14.3 Å². The van der Waals surface area contributed by atoms with Crippen LogP contribution in [0.15, 0.2) is 24.3 Å². The fraction of sp³-hybridized carbons (Fsp3) is 0.444. The van der Waals surface area contributed by atoms with E-state index < -0.39 is 5.97 Å². The van der Waals surface area contributed by atoms with Crippen molar-refractivity contribution in [3.8, 4) is 5.69 Å². The van der Waals surface area contributed by atoms with Crippen LogP contribution >= 0.6 is 11.6 Å². The molecule has 26 heavy (non-hydrogen) atoms. The van der Waals surface area contributed by atoms with Gasteiger partial charge in [0.05, 0.1) is 11.4 Å². The predicted octanol–water partition coefficient (Wildman–Crippen LogP) is 2.79. The number of amides is 1. The Morgan fingerprint density at radius 2 is 1.88 bits per heavy atom. The van der Waals surface area contributed by atoms with Gasteiger partial charge >= 0.3 is 5.97 Å². The molecule has 3 rings (SSSR count). The van der Waals surface area contributed by atoms with Crippen molar-refractivity contribution in [2.75, 3.05) is 19.7 Å². The summed E-state index contributed by atoms with van der Waals surface area (Å²) in [7, 11) is 0. The Balaban J connectivity index is 1.64. The second-order valence-electron chi connectivity index (χ2n) is 6.27. The molecular weight excluding hydrogens is 356 g/mol. The molecule has 0 unspecified atom stereocenters. The smallest absolute Gasteiger partial charge is 0.361 e. The minimum atomic E-state index is -0.654. The summed E-state index contributed by atoms with van der Waals surface area (Å²) in [6.45, 7) is 2.84. The topological polar surface area (TPSA) is 77.3 Å². The maximum absolute atomic E-state index is 12.3. The average Bonchev–Trinajstić information content (AvgIpc) is 2.84. The minimum Gasteiger partial charge on any atom is -0.451 e. The lowest BCUT2D eigenvalue weighted by molar-refractivity contribution is -0.134. The van der Waals surface area contributed by atoms with Gasteiger partial charge in [-0.15, -0.1) is 5.10 Å². The largest absolute Gasteiger partial charge is 0.451 e. The average molecular weight is 377 g/mol. The van der Waals surface area contributed by atoms with Gasteiger partial charge in [-0.3, -0.25) is 4.79 Å². The third kappa shape index (κ3) is 4.40. The highest BCUT2D eigenvalue weighted by Crippen LogP contribution is 2.15. The van der Waals surface area contributed by atoms with E-state index >= 15 is 0 Å². The lowest BCUT2D eigenvalue weighted by Crippen LogP contribution is -2.35. The molecule has 8 heteroatoms. The van der Waals surface area contributed by atoms with Gasteiger partial charge in [0.25, 0.3) is 5.91 Å². The van der Waals surface area contributed by atoms with Crippen LogP contribution in [0.1, 0.15) is 41.9 Å². The molecule has 1 amide bonds. The van der Waals surface area contributed by atoms with E-state index in [1.807, 2.05) is 0 Å². The first-order valence-electron chi connectivity index (χ1n) is 8.69. The van der Waals surface area contributed by atoms with Gasteiger partial charge in [-0.1, -0.05) is 30.5 Å². The first kappa shape index (κ1) is 18.4.